The van der Waals surface area contributed by atoms with E-state index in [1.165, 1.54) is 0 Å². The zero-order valence-electron chi connectivity index (χ0n) is 26.4. The number of fused-ring (bicyclic) bond motifs is 1. The highest BCUT2D eigenvalue weighted by atomic mass is 16.5. The number of rotatable bonds is 7. The average Bonchev–Trinajstić information content (AvgIpc) is 3.46. The van der Waals surface area contributed by atoms with Gasteiger partial charge in [0.05, 0.1) is 6.54 Å². The van der Waals surface area contributed by atoms with Gasteiger partial charge in [0, 0.05) is 62.6 Å². The first-order valence-corrected chi connectivity index (χ1v) is 15.5. The highest BCUT2D eigenvalue weighted by Crippen LogP contribution is 2.35. The number of nitrogens with two attached hydrogens (primary N) is 1. The fourth-order valence-electron chi connectivity index (χ4n) is 6.26. The molecule has 2 saturated heterocycles. The zero-order valence-corrected chi connectivity index (χ0v) is 26.4. The van der Waals surface area contributed by atoms with Gasteiger partial charge in [0.1, 0.15) is 46.0 Å². The third-order valence-corrected chi connectivity index (χ3v) is 8.91. The average molecular weight is 619 g/mol. The molecular weight excluding hydrogens is 580 g/mol. The summed E-state index contributed by atoms with van der Waals surface area (Å²) >= 11 is 0. The van der Waals surface area contributed by atoms with Crippen molar-refractivity contribution in [3.63, 3.8) is 0 Å². The van der Waals surface area contributed by atoms with Gasteiger partial charge in [0.25, 0.3) is 5.91 Å². The lowest BCUT2D eigenvalue weighted by atomic mass is 9.94. The number of carbonyl (C=O) groups is 2. The van der Waals surface area contributed by atoms with Crippen LogP contribution in [0.25, 0.3) is 16.8 Å². The van der Waals surface area contributed by atoms with Crippen molar-refractivity contribution in [2.75, 3.05) is 45.5 Å². The lowest BCUT2D eigenvalue weighted by Crippen LogP contribution is -2.55. The summed E-state index contributed by atoms with van der Waals surface area (Å²) in [4.78, 5) is 41.0. The van der Waals surface area contributed by atoms with Crippen LogP contribution in [0.3, 0.4) is 0 Å². The molecule has 0 bridgehead atoms. The molecule has 6 rings (SSSR count). The van der Waals surface area contributed by atoms with Gasteiger partial charge < -0.3 is 20.3 Å². The van der Waals surface area contributed by atoms with Crippen LogP contribution < -0.4 is 10.5 Å². The maximum Gasteiger partial charge on any atom is 0.264 e. The first-order valence-electron chi connectivity index (χ1n) is 15.5. The highest BCUT2D eigenvalue weighted by molar-refractivity contribution is 5.97. The van der Waals surface area contributed by atoms with Crippen LogP contribution in [-0.2, 0) is 9.59 Å². The Morgan fingerprint density at radius 2 is 1.83 bits per heavy atom. The smallest absolute Gasteiger partial charge is 0.264 e. The SMILES string of the molecule is CN1CCN(C(C)(C)C=C(C#N)C(=O)N2CCC[C@@H](c3nc(-c4ccc(Oc5ccccc5)cc4)c4c(N)nccn34)C2)CC1=O. The van der Waals surface area contributed by atoms with Crippen molar-refractivity contribution in [1.82, 2.24) is 29.1 Å². The van der Waals surface area contributed by atoms with Crippen LogP contribution in [0.4, 0.5) is 5.82 Å². The van der Waals surface area contributed by atoms with Crippen molar-refractivity contribution in [1.29, 1.82) is 5.26 Å². The molecule has 0 aliphatic carbocycles. The summed E-state index contributed by atoms with van der Waals surface area (Å²) in [7, 11) is 1.79. The minimum atomic E-state index is -0.646. The Balaban J connectivity index is 1.25. The van der Waals surface area contributed by atoms with E-state index < -0.39 is 5.54 Å². The van der Waals surface area contributed by atoms with Gasteiger partial charge in [-0.3, -0.25) is 18.9 Å². The van der Waals surface area contributed by atoms with Crippen LogP contribution in [0, 0.1) is 11.3 Å². The van der Waals surface area contributed by atoms with Crippen molar-refractivity contribution in [3.05, 3.63) is 84.5 Å². The van der Waals surface area contributed by atoms with E-state index in [1.54, 1.807) is 29.1 Å². The quantitative estimate of drug-likeness (QED) is 0.237. The van der Waals surface area contributed by atoms with E-state index in [4.69, 9.17) is 15.5 Å². The first-order chi connectivity index (χ1) is 22.1. The standard InChI is InChI=1S/C35H38N8O3/c1-35(2,42-19-18-40(3)29(44)23-42)20-26(21-36)34(45)41-16-7-8-25(22-41)33-39-30(31-32(37)38-15-17-43(31)33)24-11-13-28(14-12-24)46-27-9-5-4-6-10-27/h4-6,9-15,17,20,25H,7-8,16,18-19,22-23H2,1-3H3,(H2,37,38)/t25-/m1/s1. The molecule has 2 aliphatic heterocycles. The van der Waals surface area contributed by atoms with Crippen LogP contribution in [-0.4, -0.2) is 86.2 Å². The minimum absolute atomic E-state index is 0.0232. The monoisotopic (exact) mass is 618 g/mol. The fraction of sp³-hybridized carbons (Fsp3) is 0.343. The molecule has 0 saturated carbocycles. The van der Waals surface area contributed by atoms with Gasteiger partial charge >= 0.3 is 0 Å². The number of nitrogens with zero attached hydrogens (tertiary/aromatic N) is 7. The Labute approximate surface area is 268 Å². The number of hydrogen-bond acceptors (Lipinski definition) is 8. The second-order valence-electron chi connectivity index (χ2n) is 12.4. The number of piperidine rings is 1. The van der Waals surface area contributed by atoms with Crippen LogP contribution in [0.2, 0.25) is 0 Å². The van der Waals surface area contributed by atoms with Crippen LogP contribution in [0.1, 0.15) is 38.4 Å². The summed E-state index contributed by atoms with van der Waals surface area (Å²) < 4.78 is 7.94. The number of imidazole rings is 1. The Morgan fingerprint density at radius 1 is 1.09 bits per heavy atom. The van der Waals surface area contributed by atoms with E-state index in [-0.39, 0.29) is 29.9 Å². The number of anilines is 1. The predicted octanol–water partition coefficient (Wildman–Crippen LogP) is 4.48. The third kappa shape index (κ3) is 6.17. The lowest BCUT2D eigenvalue weighted by Gasteiger charge is -2.41. The normalized spacial score (nSPS) is 18.1. The van der Waals surface area contributed by atoms with Crippen molar-refractivity contribution in [2.24, 2.45) is 0 Å². The molecule has 2 aliphatic rings. The molecule has 46 heavy (non-hydrogen) atoms. The van der Waals surface area contributed by atoms with Crippen LogP contribution >= 0.6 is 0 Å². The Morgan fingerprint density at radius 3 is 2.54 bits per heavy atom. The molecule has 0 spiro atoms. The number of likely N-dealkylation sites (tertiary alicyclic amines) is 1. The number of likely N-dealkylation sites (N-methyl/N-ethyl adjacent to an activating group) is 1. The minimum Gasteiger partial charge on any atom is -0.457 e. The van der Waals surface area contributed by atoms with E-state index >= 15 is 0 Å². The van der Waals surface area contributed by atoms with Crippen LogP contribution in [0.15, 0.2) is 78.6 Å². The third-order valence-electron chi connectivity index (χ3n) is 8.91. The molecule has 11 heteroatoms. The summed E-state index contributed by atoms with van der Waals surface area (Å²) in [5.41, 5.74) is 8.12. The van der Waals surface area contributed by atoms with E-state index in [0.29, 0.717) is 49.0 Å². The van der Waals surface area contributed by atoms with Gasteiger partial charge in [-0.1, -0.05) is 18.2 Å². The maximum absolute atomic E-state index is 13.8. The Bertz CT molecular complexity index is 1820. The van der Waals surface area contributed by atoms with Crippen molar-refractivity contribution in [3.8, 4) is 28.8 Å². The second-order valence-corrected chi connectivity index (χ2v) is 12.4. The predicted molar refractivity (Wildman–Crippen MR) is 175 cm³/mol. The number of piperazine rings is 1. The van der Waals surface area contributed by atoms with Crippen molar-refractivity contribution < 1.29 is 14.3 Å². The molecule has 2 N–H and O–H groups in total. The Kier molecular flexibility index (Phi) is 8.47. The number of hydrogen-bond donors (Lipinski definition) is 1. The number of nitrogen functional groups attached to an aromatic ring is 1. The number of carbonyl (C=O) groups excluding carboxylic acids is 2. The van der Waals surface area contributed by atoms with Crippen molar-refractivity contribution in [2.45, 2.75) is 38.1 Å². The molecule has 0 unspecified atom stereocenters. The number of aromatic nitrogens is 3. The summed E-state index contributed by atoms with van der Waals surface area (Å²) in [6, 6.07) is 19.4. The molecular formula is C35H38N8O3. The maximum atomic E-state index is 13.8. The van der Waals surface area contributed by atoms with E-state index in [9.17, 15) is 14.9 Å². The lowest BCUT2D eigenvalue weighted by molar-refractivity contribution is -0.136. The topological polar surface area (TPSA) is 133 Å². The number of benzene rings is 2. The second kappa shape index (κ2) is 12.7. The van der Waals surface area contributed by atoms with Gasteiger partial charge in [-0.2, -0.15) is 5.26 Å². The van der Waals surface area contributed by atoms with Gasteiger partial charge in [-0.05, 0) is 69.2 Å². The van der Waals surface area contributed by atoms with Crippen molar-refractivity contribution >= 4 is 23.1 Å². The Hall–Kier alpha value is -5.21. The van der Waals surface area contributed by atoms with Gasteiger partial charge in [-0.15, -0.1) is 0 Å². The van der Waals surface area contributed by atoms with E-state index in [2.05, 4.69) is 11.1 Å². The summed E-state index contributed by atoms with van der Waals surface area (Å²) in [5.74, 6) is 2.25. The number of ether oxygens (including phenoxy) is 1. The first kappa shape index (κ1) is 30.8. The summed E-state index contributed by atoms with van der Waals surface area (Å²) in [6.45, 7) is 6.35. The molecule has 2 fully saturated rings. The summed E-state index contributed by atoms with van der Waals surface area (Å²) in [6.07, 6.45) is 6.81. The number of para-hydroxylation sites is 1. The molecule has 2 aromatic heterocycles. The largest absolute Gasteiger partial charge is 0.457 e. The molecule has 0 radical (unpaired) electrons. The number of nitriles is 1. The molecule has 2 amide bonds. The number of amides is 2. The highest BCUT2D eigenvalue weighted by Gasteiger charge is 2.35. The fourth-order valence-corrected chi connectivity index (χ4v) is 6.26. The zero-order chi connectivity index (χ0) is 32.4. The van der Waals surface area contributed by atoms with Gasteiger partial charge in [0.2, 0.25) is 5.91 Å². The summed E-state index contributed by atoms with van der Waals surface area (Å²) in [5, 5.41) is 10.1. The molecule has 4 aromatic rings. The molecule has 1 atom stereocenters. The van der Waals surface area contributed by atoms with E-state index in [0.717, 1.165) is 30.0 Å². The molecule has 2 aromatic carbocycles. The molecule has 4 heterocycles. The van der Waals surface area contributed by atoms with Gasteiger partial charge in [-0.25, -0.2) is 9.97 Å². The van der Waals surface area contributed by atoms with Crippen LogP contribution in [0.5, 0.6) is 11.5 Å². The molecule has 236 valence electrons. The molecule has 11 nitrogen and oxygen atoms in total. The van der Waals surface area contributed by atoms with E-state index in [1.807, 2.05) is 83.9 Å². The van der Waals surface area contributed by atoms with Gasteiger partial charge in [0.15, 0.2) is 0 Å².